The van der Waals surface area contributed by atoms with Gasteiger partial charge in [-0.25, -0.2) is 8.42 Å². The summed E-state index contributed by atoms with van der Waals surface area (Å²) in [6.07, 6.45) is 0. The van der Waals surface area contributed by atoms with Crippen molar-refractivity contribution in [1.29, 1.82) is 0 Å². The van der Waals surface area contributed by atoms with Gasteiger partial charge in [0, 0.05) is 12.7 Å². The van der Waals surface area contributed by atoms with E-state index >= 15 is 0 Å². The third-order valence-corrected chi connectivity index (χ3v) is 6.47. The van der Waals surface area contributed by atoms with Gasteiger partial charge in [-0.2, -0.15) is 0 Å². The fraction of sp³-hybridized carbons (Fsp3) is 0.0952. The molecule has 0 spiro atoms. The molecule has 0 heterocycles. The molecule has 0 bridgehead atoms. The van der Waals surface area contributed by atoms with Gasteiger partial charge in [0.15, 0.2) is 0 Å². The first-order valence-electron chi connectivity index (χ1n) is 8.51. The first-order valence-corrected chi connectivity index (χ1v) is 10.3. The van der Waals surface area contributed by atoms with E-state index in [-0.39, 0.29) is 21.4 Å². The first-order chi connectivity index (χ1) is 13.3. The van der Waals surface area contributed by atoms with Crippen molar-refractivity contribution < 1.29 is 13.2 Å². The van der Waals surface area contributed by atoms with Crippen LogP contribution in [-0.4, -0.2) is 21.4 Å². The van der Waals surface area contributed by atoms with Crippen molar-refractivity contribution in [2.45, 2.75) is 11.8 Å². The fourth-order valence-corrected chi connectivity index (χ4v) is 4.15. The van der Waals surface area contributed by atoms with Gasteiger partial charge in [-0.05, 0) is 48.9 Å². The van der Waals surface area contributed by atoms with Crippen LogP contribution in [-0.2, 0) is 10.0 Å². The number of nitrogens with zero attached hydrogens (tertiary/aromatic N) is 1. The molecular formula is C21H19ClN2O3S. The van der Waals surface area contributed by atoms with Crippen LogP contribution in [0.1, 0.15) is 15.9 Å². The molecular weight excluding hydrogens is 396 g/mol. The van der Waals surface area contributed by atoms with E-state index in [1.54, 1.807) is 30.3 Å². The number of benzene rings is 3. The van der Waals surface area contributed by atoms with Gasteiger partial charge in [-0.3, -0.25) is 9.10 Å². The number of sulfonamides is 1. The standard InChI is InChI=1S/C21H19ClN2O3S/c1-15-8-6-7-11-20(15)23-21(25)18-13-12-16(14-19(18)22)24(2)28(26,27)17-9-4-3-5-10-17/h3-14H,1-2H3,(H,23,25). The zero-order valence-electron chi connectivity index (χ0n) is 15.4. The lowest BCUT2D eigenvalue weighted by molar-refractivity contribution is 0.102. The Kier molecular flexibility index (Phi) is 5.72. The Morgan fingerprint density at radius 3 is 2.25 bits per heavy atom. The number of hydrogen-bond donors (Lipinski definition) is 1. The van der Waals surface area contributed by atoms with Crippen LogP contribution in [0.5, 0.6) is 0 Å². The predicted octanol–water partition coefficient (Wildman–Crippen LogP) is 4.73. The molecule has 3 aromatic carbocycles. The quantitative estimate of drug-likeness (QED) is 0.656. The highest BCUT2D eigenvalue weighted by atomic mass is 35.5. The number of carbonyl (C=O) groups excluding carboxylic acids is 1. The Hall–Kier alpha value is -2.83. The van der Waals surface area contributed by atoms with Gasteiger partial charge in [-0.15, -0.1) is 0 Å². The second-order valence-electron chi connectivity index (χ2n) is 6.22. The molecule has 3 aromatic rings. The molecule has 0 unspecified atom stereocenters. The summed E-state index contributed by atoms with van der Waals surface area (Å²) in [5.74, 6) is -0.362. The van der Waals surface area contributed by atoms with Crippen LogP contribution >= 0.6 is 11.6 Å². The zero-order chi connectivity index (χ0) is 20.3. The fourth-order valence-electron chi connectivity index (χ4n) is 2.68. The Labute approximate surface area is 169 Å². The van der Waals surface area contributed by atoms with Gasteiger partial charge in [-0.1, -0.05) is 48.0 Å². The normalized spacial score (nSPS) is 11.1. The summed E-state index contributed by atoms with van der Waals surface area (Å²) >= 11 is 6.29. The Morgan fingerprint density at radius 2 is 1.61 bits per heavy atom. The molecule has 0 aliphatic heterocycles. The number of hydrogen-bond acceptors (Lipinski definition) is 3. The van der Waals surface area contributed by atoms with Crippen molar-refractivity contribution in [3.63, 3.8) is 0 Å². The third-order valence-electron chi connectivity index (χ3n) is 4.36. The van der Waals surface area contributed by atoms with Gasteiger partial charge in [0.2, 0.25) is 0 Å². The molecule has 1 N–H and O–H groups in total. The molecule has 0 aliphatic rings. The van der Waals surface area contributed by atoms with Gasteiger partial charge in [0.05, 0.1) is 21.2 Å². The van der Waals surface area contributed by atoms with E-state index in [0.29, 0.717) is 11.4 Å². The Morgan fingerprint density at radius 1 is 0.964 bits per heavy atom. The van der Waals surface area contributed by atoms with Crippen LogP contribution in [0, 0.1) is 6.92 Å². The van der Waals surface area contributed by atoms with Crippen LogP contribution in [0.15, 0.2) is 77.7 Å². The van der Waals surface area contributed by atoms with Crippen LogP contribution in [0.25, 0.3) is 0 Å². The first kappa shape index (κ1) is 19.9. The molecule has 0 saturated heterocycles. The summed E-state index contributed by atoms with van der Waals surface area (Å²) in [5, 5.41) is 2.98. The van der Waals surface area contributed by atoms with Crippen LogP contribution < -0.4 is 9.62 Å². The smallest absolute Gasteiger partial charge is 0.264 e. The summed E-state index contributed by atoms with van der Waals surface area (Å²) in [7, 11) is -2.28. The SMILES string of the molecule is Cc1ccccc1NC(=O)c1ccc(N(C)S(=O)(=O)c2ccccc2)cc1Cl. The molecule has 1 amide bonds. The molecule has 0 aromatic heterocycles. The zero-order valence-corrected chi connectivity index (χ0v) is 17.0. The highest BCUT2D eigenvalue weighted by Gasteiger charge is 2.22. The molecule has 0 radical (unpaired) electrons. The van der Waals surface area contributed by atoms with Crippen molar-refractivity contribution in [3.8, 4) is 0 Å². The molecule has 28 heavy (non-hydrogen) atoms. The number of carbonyl (C=O) groups is 1. The van der Waals surface area contributed by atoms with Crippen molar-refractivity contribution in [3.05, 3.63) is 88.9 Å². The topological polar surface area (TPSA) is 66.5 Å². The van der Waals surface area contributed by atoms with Crippen LogP contribution in [0.3, 0.4) is 0 Å². The Bertz CT molecular complexity index is 1120. The number of anilines is 2. The minimum atomic E-state index is -3.72. The molecule has 5 nitrogen and oxygen atoms in total. The van der Waals surface area contributed by atoms with E-state index in [1.165, 1.54) is 31.3 Å². The van der Waals surface area contributed by atoms with E-state index in [2.05, 4.69) is 5.32 Å². The van der Waals surface area contributed by atoms with Gasteiger partial charge >= 0.3 is 0 Å². The molecule has 144 valence electrons. The van der Waals surface area contributed by atoms with E-state index < -0.39 is 10.0 Å². The largest absolute Gasteiger partial charge is 0.322 e. The van der Waals surface area contributed by atoms with Gasteiger partial charge < -0.3 is 5.32 Å². The maximum atomic E-state index is 12.7. The van der Waals surface area contributed by atoms with E-state index in [1.807, 2.05) is 25.1 Å². The molecule has 0 saturated carbocycles. The number of aryl methyl sites for hydroxylation is 1. The van der Waals surface area contributed by atoms with Gasteiger partial charge in [0.1, 0.15) is 0 Å². The predicted molar refractivity (Wildman–Crippen MR) is 113 cm³/mol. The summed E-state index contributed by atoms with van der Waals surface area (Å²) in [6, 6.07) is 20.1. The van der Waals surface area contributed by atoms with Crippen molar-refractivity contribution >= 4 is 38.9 Å². The van der Waals surface area contributed by atoms with Crippen molar-refractivity contribution in [2.24, 2.45) is 0 Å². The molecule has 3 rings (SSSR count). The second kappa shape index (κ2) is 8.04. The highest BCUT2D eigenvalue weighted by molar-refractivity contribution is 7.92. The summed E-state index contributed by atoms with van der Waals surface area (Å²) in [4.78, 5) is 12.7. The summed E-state index contributed by atoms with van der Waals surface area (Å²) in [5.41, 5.74) is 2.24. The van der Waals surface area contributed by atoms with Crippen LogP contribution in [0.4, 0.5) is 11.4 Å². The van der Waals surface area contributed by atoms with E-state index in [4.69, 9.17) is 11.6 Å². The lowest BCUT2D eigenvalue weighted by Crippen LogP contribution is -2.26. The minimum absolute atomic E-state index is 0.165. The molecule has 0 fully saturated rings. The van der Waals surface area contributed by atoms with E-state index in [0.717, 1.165) is 9.87 Å². The number of amides is 1. The number of nitrogens with one attached hydrogen (secondary N) is 1. The van der Waals surface area contributed by atoms with Crippen molar-refractivity contribution in [1.82, 2.24) is 0 Å². The Balaban J connectivity index is 1.86. The lowest BCUT2D eigenvalue weighted by Gasteiger charge is -2.20. The average molecular weight is 415 g/mol. The monoisotopic (exact) mass is 414 g/mol. The maximum absolute atomic E-state index is 12.7. The molecule has 7 heteroatoms. The average Bonchev–Trinajstić information content (AvgIpc) is 2.69. The van der Waals surface area contributed by atoms with Crippen LogP contribution in [0.2, 0.25) is 5.02 Å². The third kappa shape index (κ3) is 4.03. The lowest BCUT2D eigenvalue weighted by atomic mass is 10.1. The number of halogens is 1. The molecule has 0 aliphatic carbocycles. The van der Waals surface area contributed by atoms with Crippen molar-refractivity contribution in [2.75, 3.05) is 16.7 Å². The van der Waals surface area contributed by atoms with E-state index in [9.17, 15) is 13.2 Å². The van der Waals surface area contributed by atoms with Gasteiger partial charge in [0.25, 0.3) is 15.9 Å². The number of rotatable bonds is 5. The summed E-state index contributed by atoms with van der Waals surface area (Å²) < 4.78 is 26.6. The maximum Gasteiger partial charge on any atom is 0.264 e. The summed E-state index contributed by atoms with van der Waals surface area (Å²) in [6.45, 7) is 1.89. The number of para-hydroxylation sites is 1. The molecule has 0 atom stereocenters. The second-order valence-corrected chi connectivity index (χ2v) is 8.60. The minimum Gasteiger partial charge on any atom is -0.322 e. The highest BCUT2D eigenvalue weighted by Crippen LogP contribution is 2.28.